The molecule has 28 heavy (non-hydrogen) atoms. The Kier molecular flexibility index (Phi) is 5.26. The van der Waals surface area contributed by atoms with Crippen LogP contribution in [0, 0.1) is 11.7 Å². The van der Waals surface area contributed by atoms with Crippen molar-refractivity contribution in [3.8, 4) is 0 Å². The lowest BCUT2D eigenvalue weighted by atomic mass is 9.92. The quantitative estimate of drug-likeness (QED) is 0.753. The van der Waals surface area contributed by atoms with Gasteiger partial charge in [0.05, 0.1) is 5.02 Å². The molecule has 3 aliphatic heterocycles. The predicted octanol–water partition coefficient (Wildman–Crippen LogP) is 2.65. The van der Waals surface area contributed by atoms with Crippen molar-refractivity contribution in [2.24, 2.45) is 5.92 Å². The largest absolute Gasteiger partial charge is 0.338 e. The fourth-order valence-corrected chi connectivity index (χ4v) is 5.54. The second-order valence-corrected chi connectivity index (χ2v) is 9.27. The maximum absolute atomic E-state index is 13.3. The molecule has 4 amide bonds. The summed E-state index contributed by atoms with van der Waals surface area (Å²) in [5, 5.41) is 2.92. The third kappa shape index (κ3) is 3.59. The highest BCUT2D eigenvalue weighted by Crippen LogP contribution is 2.33. The molecule has 4 rings (SSSR count). The number of imide groups is 1. The van der Waals surface area contributed by atoms with E-state index in [0.29, 0.717) is 25.9 Å². The maximum Gasteiger partial charge on any atom is 0.325 e. The van der Waals surface area contributed by atoms with E-state index in [1.165, 1.54) is 17.0 Å². The summed E-state index contributed by atoms with van der Waals surface area (Å²) < 4.78 is 13.3. The van der Waals surface area contributed by atoms with Crippen LogP contribution in [0.25, 0.3) is 0 Å². The molecule has 9 heteroatoms. The molecule has 1 aromatic carbocycles. The normalized spacial score (nSPS) is 24.4. The Balaban J connectivity index is 1.39. The smallest absolute Gasteiger partial charge is 0.325 e. The first-order valence-corrected chi connectivity index (χ1v) is 10.8. The Morgan fingerprint density at radius 3 is 2.71 bits per heavy atom. The first-order chi connectivity index (χ1) is 13.4. The Hall–Kier alpha value is -1.80. The van der Waals surface area contributed by atoms with Crippen molar-refractivity contribution in [1.82, 2.24) is 15.1 Å². The minimum absolute atomic E-state index is 0.0240. The zero-order valence-corrected chi connectivity index (χ0v) is 16.8. The number of hydrogen-bond acceptors (Lipinski definition) is 4. The van der Waals surface area contributed by atoms with Crippen molar-refractivity contribution < 1.29 is 18.8 Å². The van der Waals surface area contributed by atoms with Gasteiger partial charge in [-0.2, -0.15) is 11.8 Å². The number of halogens is 2. The minimum atomic E-state index is -0.754. The van der Waals surface area contributed by atoms with E-state index in [1.807, 2.05) is 0 Å². The van der Waals surface area contributed by atoms with Crippen LogP contribution in [0.2, 0.25) is 5.02 Å². The van der Waals surface area contributed by atoms with Gasteiger partial charge < -0.3 is 10.2 Å². The van der Waals surface area contributed by atoms with Gasteiger partial charge in [-0.1, -0.05) is 17.7 Å². The van der Waals surface area contributed by atoms with Crippen LogP contribution in [-0.2, 0) is 16.1 Å². The molecule has 1 unspecified atom stereocenters. The molecular weight excluding hydrogens is 405 g/mol. The van der Waals surface area contributed by atoms with Crippen LogP contribution in [0.4, 0.5) is 9.18 Å². The molecule has 150 valence electrons. The minimum Gasteiger partial charge on any atom is -0.338 e. The molecule has 1 N–H and O–H groups in total. The third-order valence-electron chi connectivity index (χ3n) is 5.69. The summed E-state index contributed by atoms with van der Waals surface area (Å²) in [6, 6.07) is 4.04. The van der Waals surface area contributed by atoms with Crippen LogP contribution in [0.15, 0.2) is 18.2 Å². The van der Waals surface area contributed by atoms with Gasteiger partial charge in [0.25, 0.3) is 5.91 Å². The van der Waals surface area contributed by atoms with Crippen LogP contribution in [0.1, 0.15) is 24.8 Å². The average Bonchev–Trinajstić information content (AvgIpc) is 3.11. The number of hydrogen-bond donors (Lipinski definition) is 1. The number of nitrogens with one attached hydrogen (secondary N) is 1. The highest BCUT2D eigenvalue weighted by atomic mass is 35.5. The van der Waals surface area contributed by atoms with E-state index < -0.39 is 11.4 Å². The van der Waals surface area contributed by atoms with Crippen LogP contribution >= 0.6 is 23.4 Å². The van der Waals surface area contributed by atoms with Crippen molar-refractivity contribution in [1.29, 1.82) is 0 Å². The Labute approximate surface area is 171 Å². The highest BCUT2D eigenvalue weighted by molar-refractivity contribution is 7.99. The number of benzene rings is 1. The molecule has 3 aliphatic rings. The second-order valence-electron chi connectivity index (χ2n) is 7.63. The van der Waals surface area contributed by atoms with Gasteiger partial charge >= 0.3 is 6.03 Å². The molecule has 0 radical (unpaired) electrons. The molecule has 3 saturated heterocycles. The van der Waals surface area contributed by atoms with Gasteiger partial charge in [-0.25, -0.2) is 9.18 Å². The molecule has 0 bridgehead atoms. The van der Waals surface area contributed by atoms with Crippen LogP contribution in [0.5, 0.6) is 0 Å². The molecule has 1 aromatic rings. The van der Waals surface area contributed by atoms with Crippen molar-refractivity contribution in [3.63, 3.8) is 0 Å². The van der Waals surface area contributed by atoms with E-state index in [2.05, 4.69) is 5.32 Å². The van der Waals surface area contributed by atoms with E-state index in [0.717, 1.165) is 17.1 Å². The van der Waals surface area contributed by atoms with Crippen molar-refractivity contribution in [3.05, 3.63) is 34.6 Å². The summed E-state index contributed by atoms with van der Waals surface area (Å²) in [5.74, 6) is 0.914. The molecule has 3 heterocycles. The number of likely N-dealkylation sites (tertiary alicyclic amines) is 1. The van der Waals surface area contributed by atoms with Crippen molar-refractivity contribution in [2.75, 3.05) is 24.6 Å². The number of thioether (sulfide) groups is 1. The lowest BCUT2D eigenvalue weighted by molar-refractivity contribution is -0.132. The topological polar surface area (TPSA) is 69.7 Å². The molecule has 3 fully saturated rings. The third-order valence-corrected chi connectivity index (χ3v) is 6.96. The maximum atomic E-state index is 13.3. The summed E-state index contributed by atoms with van der Waals surface area (Å²) in [5.41, 5.74) is -0.00998. The summed E-state index contributed by atoms with van der Waals surface area (Å²) >= 11 is 7.60. The zero-order valence-electron chi connectivity index (χ0n) is 15.2. The van der Waals surface area contributed by atoms with E-state index in [9.17, 15) is 18.8 Å². The monoisotopic (exact) mass is 425 g/mol. The van der Waals surface area contributed by atoms with Gasteiger partial charge in [0, 0.05) is 32.0 Å². The Bertz CT molecular complexity index is 831. The molecule has 6 nitrogen and oxygen atoms in total. The van der Waals surface area contributed by atoms with Crippen LogP contribution in [-0.4, -0.2) is 57.8 Å². The van der Waals surface area contributed by atoms with Crippen molar-refractivity contribution in [2.45, 2.75) is 31.3 Å². The number of carbonyl (C=O) groups is 3. The second kappa shape index (κ2) is 7.55. The van der Waals surface area contributed by atoms with E-state index in [4.69, 9.17) is 11.6 Å². The first-order valence-electron chi connectivity index (χ1n) is 9.31. The number of urea groups is 1. The van der Waals surface area contributed by atoms with E-state index >= 15 is 0 Å². The van der Waals surface area contributed by atoms with Gasteiger partial charge in [0.2, 0.25) is 5.91 Å². The SMILES string of the molecule is O=C1CC(CN2C(=O)NC3(CCSCC3)C2=O)CN1Cc1ccc(F)c(Cl)c1. The number of carbonyl (C=O) groups excluding carboxylic acids is 3. The van der Waals surface area contributed by atoms with Crippen LogP contribution < -0.4 is 5.32 Å². The summed E-state index contributed by atoms with van der Waals surface area (Å²) in [4.78, 5) is 40.6. The number of rotatable bonds is 4. The van der Waals surface area contributed by atoms with Gasteiger partial charge in [-0.3, -0.25) is 14.5 Å². The molecule has 1 atom stereocenters. The fourth-order valence-electron chi connectivity index (χ4n) is 4.15. The Morgan fingerprint density at radius 1 is 1.25 bits per heavy atom. The number of nitrogens with zero attached hydrogens (tertiary/aromatic N) is 2. The molecule has 0 aliphatic carbocycles. The standard InChI is InChI=1S/C19H21ClFN3O3S/c20-14-7-12(1-2-15(14)21)9-23-10-13(8-16(23)25)11-24-17(26)19(22-18(24)27)3-5-28-6-4-19/h1-2,7,13H,3-6,8-11H2,(H,22,27). The fraction of sp³-hybridized carbons (Fsp3) is 0.526. The van der Waals surface area contributed by atoms with E-state index in [-0.39, 0.29) is 41.8 Å². The van der Waals surface area contributed by atoms with Crippen LogP contribution in [0.3, 0.4) is 0 Å². The van der Waals surface area contributed by atoms with Gasteiger partial charge in [-0.15, -0.1) is 0 Å². The summed E-state index contributed by atoms with van der Waals surface area (Å²) in [6.45, 7) is 1.02. The van der Waals surface area contributed by atoms with E-state index in [1.54, 1.807) is 22.7 Å². The predicted molar refractivity (Wildman–Crippen MR) is 104 cm³/mol. The number of amides is 4. The highest BCUT2D eigenvalue weighted by Gasteiger charge is 2.52. The zero-order chi connectivity index (χ0) is 19.9. The van der Waals surface area contributed by atoms with Gasteiger partial charge in [-0.05, 0) is 42.0 Å². The summed E-state index contributed by atoms with van der Waals surface area (Å²) in [6.07, 6.45) is 1.59. The average molecular weight is 426 g/mol. The molecular formula is C19H21ClFN3O3S. The van der Waals surface area contributed by atoms with Crippen molar-refractivity contribution >= 4 is 41.2 Å². The van der Waals surface area contributed by atoms with Gasteiger partial charge in [0.15, 0.2) is 0 Å². The molecule has 0 aromatic heterocycles. The Morgan fingerprint density at radius 2 is 2.00 bits per heavy atom. The summed E-state index contributed by atoms with van der Waals surface area (Å²) in [7, 11) is 0. The molecule has 0 saturated carbocycles. The van der Waals surface area contributed by atoms with Gasteiger partial charge in [0.1, 0.15) is 11.4 Å². The lowest BCUT2D eigenvalue weighted by Gasteiger charge is -2.30. The lowest BCUT2D eigenvalue weighted by Crippen LogP contribution is -2.49. The molecule has 1 spiro atoms. The first kappa shape index (κ1) is 19.5.